The number of hydrogen-bond donors (Lipinski definition) is 2. The molecule has 26 heavy (non-hydrogen) atoms. The van der Waals surface area contributed by atoms with Gasteiger partial charge in [0.1, 0.15) is 0 Å². The minimum atomic E-state index is -0.479. The molecule has 5 rings (SSSR count). The molecule has 1 atom stereocenters. The number of fused-ring (bicyclic) bond motifs is 4. The van der Waals surface area contributed by atoms with Crippen molar-refractivity contribution >= 4 is 39.1 Å². The summed E-state index contributed by atoms with van der Waals surface area (Å²) >= 11 is 1.40. The third-order valence-electron chi connectivity index (χ3n) is 5.87. The summed E-state index contributed by atoms with van der Waals surface area (Å²) in [5.74, 6) is 0.187. The lowest BCUT2D eigenvalue weighted by atomic mass is 9.67. The second kappa shape index (κ2) is 5.17. The number of carbonyl (C=O) groups is 2. The minimum absolute atomic E-state index is 0.109. The molecule has 132 valence electrons. The van der Waals surface area contributed by atoms with Crippen molar-refractivity contribution in [3.8, 4) is 0 Å². The zero-order valence-corrected chi connectivity index (χ0v) is 14.9. The van der Waals surface area contributed by atoms with Crippen LogP contribution >= 0.6 is 11.3 Å². The Kier molecular flexibility index (Phi) is 3.10. The van der Waals surface area contributed by atoms with E-state index in [1.165, 1.54) is 11.3 Å². The smallest absolute Gasteiger partial charge is 0.251 e. The van der Waals surface area contributed by atoms with E-state index in [0.717, 1.165) is 34.4 Å². The van der Waals surface area contributed by atoms with Gasteiger partial charge in [0.25, 0.3) is 5.91 Å². The van der Waals surface area contributed by atoms with Crippen LogP contribution in [0, 0.1) is 5.41 Å². The Hall–Kier alpha value is -2.67. The van der Waals surface area contributed by atoms with Gasteiger partial charge in [-0.05, 0) is 43.4 Å². The first kappa shape index (κ1) is 15.6. The van der Waals surface area contributed by atoms with E-state index in [9.17, 15) is 9.59 Å². The van der Waals surface area contributed by atoms with Crippen LogP contribution in [0.15, 0.2) is 24.3 Å². The number of anilines is 1. The standard InChI is InChI=1S/C19H18N4O2S/c20-16(25)14-10-5-6-19(9-13(10)26-17(14)21)7-8-23-12-4-2-1-3-11(12)22-18(23)15(19)24/h1-4H,5-9,21H2,(H2,20,25). The molecule has 1 aliphatic heterocycles. The largest absolute Gasteiger partial charge is 0.390 e. The number of primary amides is 1. The summed E-state index contributed by atoms with van der Waals surface area (Å²) in [6.07, 6.45) is 2.76. The van der Waals surface area contributed by atoms with E-state index < -0.39 is 11.3 Å². The predicted octanol–water partition coefficient (Wildman–Crippen LogP) is 2.54. The van der Waals surface area contributed by atoms with Gasteiger partial charge in [0, 0.05) is 16.8 Å². The maximum absolute atomic E-state index is 13.4. The number of Topliss-reactive ketones (excluding diaryl/α,β-unsaturated/α-hetero) is 1. The lowest BCUT2D eigenvalue weighted by molar-refractivity contribution is 0.0682. The van der Waals surface area contributed by atoms with Gasteiger partial charge in [-0.15, -0.1) is 11.3 Å². The number of thiophene rings is 1. The summed E-state index contributed by atoms with van der Waals surface area (Å²) in [6.45, 7) is 0.778. The Morgan fingerprint density at radius 2 is 2.08 bits per heavy atom. The fourth-order valence-corrected chi connectivity index (χ4v) is 5.80. The minimum Gasteiger partial charge on any atom is -0.390 e. The van der Waals surface area contributed by atoms with Crippen LogP contribution in [0.1, 0.15) is 44.3 Å². The molecular formula is C19H18N4O2S. The number of ketones is 1. The van der Waals surface area contributed by atoms with Crippen molar-refractivity contribution in [2.75, 3.05) is 5.73 Å². The molecule has 7 heteroatoms. The Morgan fingerprint density at radius 1 is 1.27 bits per heavy atom. The number of benzene rings is 1. The van der Waals surface area contributed by atoms with Crippen LogP contribution in [-0.4, -0.2) is 21.2 Å². The SMILES string of the molecule is NC(=O)c1c(N)sc2c1CCC1(CCn3c(nc4ccccc43)C1=O)C2. The number of aryl methyl sites for hydroxylation is 1. The molecule has 2 aromatic heterocycles. The number of carbonyl (C=O) groups excluding carboxylic acids is 2. The van der Waals surface area contributed by atoms with Gasteiger partial charge in [-0.2, -0.15) is 0 Å². The number of nitrogens with two attached hydrogens (primary N) is 2. The van der Waals surface area contributed by atoms with Crippen molar-refractivity contribution in [3.05, 3.63) is 46.1 Å². The van der Waals surface area contributed by atoms with Gasteiger partial charge in [0.05, 0.1) is 21.6 Å². The van der Waals surface area contributed by atoms with Gasteiger partial charge in [-0.25, -0.2) is 4.98 Å². The highest BCUT2D eigenvalue weighted by atomic mass is 32.1. The molecule has 4 N–H and O–H groups in total. The lowest BCUT2D eigenvalue weighted by Gasteiger charge is -2.38. The molecule has 0 radical (unpaired) electrons. The van der Waals surface area contributed by atoms with Gasteiger partial charge in [0.2, 0.25) is 5.78 Å². The van der Waals surface area contributed by atoms with E-state index in [4.69, 9.17) is 11.5 Å². The summed E-state index contributed by atoms with van der Waals surface area (Å²) in [6, 6.07) is 7.86. The van der Waals surface area contributed by atoms with E-state index in [-0.39, 0.29) is 5.78 Å². The summed E-state index contributed by atoms with van der Waals surface area (Å²) in [5, 5.41) is 0.468. The van der Waals surface area contributed by atoms with Crippen molar-refractivity contribution in [3.63, 3.8) is 0 Å². The zero-order valence-electron chi connectivity index (χ0n) is 14.1. The number of amides is 1. The first-order valence-corrected chi connectivity index (χ1v) is 9.52. The third kappa shape index (κ3) is 1.94. The Balaban J connectivity index is 1.58. The molecular weight excluding hydrogens is 348 g/mol. The number of nitrogens with zero attached hydrogens (tertiary/aromatic N) is 2. The second-order valence-corrected chi connectivity index (χ2v) is 8.36. The molecule has 2 aliphatic rings. The number of aromatic nitrogens is 2. The summed E-state index contributed by atoms with van der Waals surface area (Å²) in [5.41, 5.74) is 14.3. The highest BCUT2D eigenvalue weighted by Crippen LogP contribution is 2.48. The summed E-state index contributed by atoms with van der Waals surface area (Å²) < 4.78 is 2.04. The van der Waals surface area contributed by atoms with Gasteiger partial charge >= 0.3 is 0 Å². The zero-order chi connectivity index (χ0) is 18.1. The number of rotatable bonds is 1. The Labute approximate surface area is 153 Å². The monoisotopic (exact) mass is 366 g/mol. The number of hydrogen-bond acceptors (Lipinski definition) is 5. The van der Waals surface area contributed by atoms with E-state index in [2.05, 4.69) is 4.98 Å². The van der Waals surface area contributed by atoms with E-state index in [1.807, 2.05) is 28.8 Å². The Bertz CT molecular complexity index is 1100. The number of para-hydroxylation sites is 2. The third-order valence-corrected chi connectivity index (χ3v) is 6.93. The molecule has 1 spiro atoms. The highest BCUT2D eigenvalue weighted by molar-refractivity contribution is 7.16. The summed E-state index contributed by atoms with van der Waals surface area (Å²) in [7, 11) is 0. The topological polar surface area (TPSA) is 104 Å². The van der Waals surface area contributed by atoms with Crippen LogP contribution in [0.4, 0.5) is 5.00 Å². The van der Waals surface area contributed by atoms with Crippen molar-refractivity contribution in [1.82, 2.24) is 9.55 Å². The van der Waals surface area contributed by atoms with Crippen molar-refractivity contribution in [1.29, 1.82) is 0 Å². The first-order valence-electron chi connectivity index (χ1n) is 8.70. The van der Waals surface area contributed by atoms with Crippen LogP contribution in [-0.2, 0) is 19.4 Å². The molecule has 3 heterocycles. The quantitative estimate of drug-likeness (QED) is 0.690. The predicted molar refractivity (Wildman–Crippen MR) is 100 cm³/mol. The molecule has 1 aromatic carbocycles. The van der Waals surface area contributed by atoms with E-state index in [0.29, 0.717) is 35.7 Å². The normalized spacial score (nSPS) is 21.8. The average molecular weight is 366 g/mol. The van der Waals surface area contributed by atoms with E-state index in [1.54, 1.807) is 0 Å². The van der Waals surface area contributed by atoms with Gasteiger partial charge in [0.15, 0.2) is 5.82 Å². The van der Waals surface area contributed by atoms with Crippen LogP contribution in [0.5, 0.6) is 0 Å². The molecule has 0 saturated carbocycles. The van der Waals surface area contributed by atoms with Crippen molar-refractivity contribution in [2.24, 2.45) is 11.1 Å². The molecule has 0 saturated heterocycles. The van der Waals surface area contributed by atoms with Gasteiger partial charge in [-0.1, -0.05) is 12.1 Å². The van der Waals surface area contributed by atoms with Crippen molar-refractivity contribution in [2.45, 2.75) is 32.2 Å². The van der Waals surface area contributed by atoms with Gasteiger partial charge in [-0.3, -0.25) is 9.59 Å². The summed E-state index contributed by atoms with van der Waals surface area (Å²) in [4.78, 5) is 30.8. The van der Waals surface area contributed by atoms with Crippen molar-refractivity contribution < 1.29 is 9.59 Å². The van der Waals surface area contributed by atoms with Crippen LogP contribution < -0.4 is 11.5 Å². The molecule has 1 unspecified atom stereocenters. The fraction of sp³-hybridized carbons (Fsp3) is 0.316. The Morgan fingerprint density at radius 3 is 2.88 bits per heavy atom. The molecule has 1 aliphatic carbocycles. The average Bonchev–Trinajstić information content (AvgIpc) is 3.15. The van der Waals surface area contributed by atoms with Gasteiger partial charge < -0.3 is 16.0 Å². The second-order valence-electron chi connectivity index (χ2n) is 7.22. The molecule has 0 bridgehead atoms. The molecule has 0 fully saturated rings. The number of imidazole rings is 1. The first-order chi connectivity index (χ1) is 12.5. The molecule has 3 aromatic rings. The van der Waals surface area contributed by atoms with E-state index >= 15 is 0 Å². The van der Waals surface area contributed by atoms with Crippen LogP contribution in [0.2, 0.25) is 0 Å². The highest BCUT2D eigenvalue weighted by Gasteiger charge is 2.47. The maximum atomic E-state index is 13.4. The maximum Gasteiger partial charge on any atom is 0.251 e. The lowest BCUT2D eigenvalue weighted by Crippen LogP contribution is -2.42. The van der Waals surface area contributed by atoms with Crippen LogP contribution in [0.3, 0.4) is 0 Å². The number of nitrogen functional groups attached to an aromatic ring is 1. The molecule has 1 amide bonds. The molecule has 6 nitrogen and oxygen atoms in total. The fourth-order valence-electron chi connectivity index (χ4n) is 4.53. The van der Waals surface area contributed by atoms with Crippen LogP contribution in [0.25, 0.3) is 11.0 Å².